The topological polar surface area (TPSA) is 174 Å². The van der Waals surface area contributed by atoms with E-state index in [1.165, 1.54) is 18.7 Å². The highest BCUT2D eigenvalue weighted by Gasteiger charge is 2.30. The van der Waals surface area contributed by atoms with Gasteiger partial charge in [-0.15, -0.1) is 0 Å². The molecule has 30 heavy (non-hydrogen) atoms. The largest absolute Gasteiger partial charge is 0.481 e. The van der Waals surface area contributed by atoms with Crippen molar-refractivity contribution < 1.29 is 34.2 Å². The van der Waals surface area contributed by atoms with E-state index < -0.39 is 48.3 Å². The highest BCUT2D eigenvalue weighted by molar-refractivity contribution is 7.98. The molecule has 1 aliphatic rings. The third-order valence-corrected chi connectivity index (χ3v) is 5.28. The number of carbonyl (C=O) groups is 5. The van der Waals surface area contributed by atoms with Gasteiger partial charge in [0.25, 0.3) is 0 Å². The summed E-state index contributed by atoms with van der Waals surface area (Å²) in [7, 11) is 0. The van der Waals surface area contributed by atoms with E-state index >= 15 is 0 Å². The summed E-state index contributed by atoms with van der Waals surface area (Å²) in [6.45, 7) is 2.17. The number of amides is 3. The lowest BCUT2D eigenvalue weighted by Crippen LogP contribution is -2.56. The summed E-state index contributed by atoms with van der Waals surface area (Å²) in [6, 6.07) is -3.72. The Hall–Kier alpha value is -2.34. The minimum absolute atomic E-state index is 0.183. The molecule has 0 aromatic rings. The van der Waals surface area contributed by atoms with Gasteiger partial charge >= 0.3 is 11.9 Å². The number of carboxylic acids is 2. The molecule has 3 amide bonds. The van der Waals surface area contributed by atoms with Gasteiger partial charge in [0, 0.05) is 6.42 Å². The maximum atomic E-state index is 12.5. The summed E-state index contributed by atoms with van der Waals surface area (Å²) in [5.41, 5.74) is 0. The van der Waals surface area contributed by atoms with Gasteiger partial charge in [0.1, 0.15) is 18.1 Å². The third kappa shape index (κ3) is 8.99. The second-order valence-electron chi connectivity index (χ2n) is 7.05. The van der Waals surface area contributed by atoms with Crippen LogP contribution < -0.4 is 21.3 Å². The summed E-state index contributed by atoms with van der Waals surface area (Å²) in [5, 5.41) is 28.5. The van der Waals surface area contributed by atoms with Gasteiger partial charge in [-0.1, -0.05) is 0 Å². The summed E-state index contributed by atoms with van der Waals surface area (Å²) < 4.78 is 0. The molecule has 1 heterocycles. The zero-order chi connectivity index (χ0) is 22.7. The zero-order valence-corrected chi connectivity index (χ0v) is 17.9. The molecule has 0 radical (unpaired) electrons. The van der Waals surface area contributed by atoms with E-state index in [1.807, 2.05) is 0 Å². The predicted molar refractivity (Wildman–Crippen MR) is 110 cm³/mol. The number of nitrogens with one attached hydrogen (secondary N) is 4. The number of rotatable bonds is 13. The van der Waals surface area contributed by atoms with Crippen LogP contribution in [0.15, 0.2) is 0 Å². The van der Waals surface area contributed by atoms with Gasteiger partial charge in [0.2, 0.25) is 17.7 Å². The van der Waals surface area contributed by atoms with Crippen LogP contribution in [0.4, 0.5) is 0 Å². The van der Waals surface area contributed by atoms with Gasteiger partial charge in [-0.2, -0.15) is 11.8 Å². The molecule has 1 aliphatic heterocycles. The first-order valence-corrected chi connectivity index (χ1v) is 11.1. The van der Waals surface area contributed by atoms with Crippen molar-refractivity contribution in [3.05, 3.63) is 0 Å². The highest BCUT2D eigenvalue weighted by atomic mass is 32.2. The van der Waals surface area contributed by atoms with Gasteiger partial charge in [-0.3, -0.25) is 19.2 Å². The number of carboxylic acid groups (broad SMARTS) is 2. The smallest absolute Gasteiger partial charge is 0.326 e. The highest BCUT2D eigenvalue weighted by Crippen LogP contribution is 2.06. The van der Waals surface area contributed by atoms with Gasteiger partial charge in [0.15, 0.2) is 0 Å². The predicted octanol–water partition coefficient (Wildman–Crippen LogP) is -1.08. The van der Waals surface area contributed by atoms with Crippen molar-refractivity contribution in [2.24, 2.45) is 0 Å². The maximum absolute atomic E-state index is 12.5. The average molecular weight is 447 g/mol. The van der Waals surface area contributed by atoms with Crippen LogP contribution in [0.5, 0.6) is 0 Å². The molecule has 4 unspecified atom stereocenters. The third-order valence-electron chi connectivity index (χ3n) is 4.63. The van der Waals surface area contributed by atoms with E-state index in [-0.39, 0.29) is 24.8 Å². The fourth-order valence-corrected chi connectivity index (χ4v) is 3.36. The molecule has 1 rings (SSSR count). The van der Waals surface area contributed by atoms with Gasteiger partial charge in [-0.25, -0.2) is 4.79 Å². The van der Waals surface area contributed by atoms with Gasteiger partial charge in [0.05, 0.1) is 6.04 Å². The summed E-state index contributed by atoms with van der Waals surface area (Å²) >= 11 is 1.42. The second-order valence-corrected chi connectivity index (χ2v) is 8.04. The fraction of sp³-hybridized carbons (Fsp3) is 0.722. The van der Waals surface area contributed by atoms with Gasteiger partial charge < -0.3 is 31.5 Å². The van der Waals surface area contributed by atoms with E-state index in [1.54, 1.807) is 6.26 Å². The van der Waals surface area contributed by atoms with Crippen LogP contribution in [-0.2, 0) is 24.0 Å². The number of hydrogen-bond donors (Lipinski definition) is 6. The Morgan fingerprint density at radius 3 is 2.23 bits per heavy atom. The molecule has 0 saturated carbocycles. The molecule has 6 N–H and O–H groups in total. The van der Waals surface area contributed by atoms with Crippen molar-refractivity contribution in [1.29, 1.82) is 0 Å². The van der Waals surface area contributed by atoms with Crippen molar-refractivity contribution in [1.82, 2.24) is 21.3 Å². The normalized spacial score (nSPS) is 18.7. The molecule has 0 bridgehead atoms. The molecule has 0 spiro atoms. The number of thioether (sulfide) groups is 1. The Morgan fingerprint density at radius 2 is 1.70 bits per heavy atom. The Bertz CT molecular complexity index is 640. The van der Waals surface area contributed by atoms with E-state index in [2.05, 4.69) is 21.3 Å². The molecule has 0 aliphatic carbocycles. The zero-order valence-electron chi connectivity index (χ0n) is 17.1. The molecular formula is C18H30N4O7S. The first-order chi connectivity index (χ1) is 14.1. The van der Waals surface area contributed by atoms with Crippen molar-refractivity contribution in [2.45, 2.75) is 63.2 Å². The van der Waals surface area contributed by atoms with Crippen LogP contribution in [0.3, 0.4) is 0 Å². The van der Waals surface area contributed by atoms with Crippen LogP contribution in [0.25, 0.3) is 0 Å². The Balaban J connectivity index is 2.73. The molecule has 1 saturated heterocycles. The van der Waals surface area contributed by atoms with Gasteiger partial charge in [-0.05, 0) is 51.2 Å². The molecule has 12 heteroatoms. The summed E-state index contributed by atoms with van der Waals surface area (Å²) in [5.74, 6) is -3.65. The SMILES string of the molecule is CSCCC(NC(=O)C(CCC(=O)O)NC(=O)C(C)NC(=O)C1CCCN1)C(=O)O. The van der Waals surface area contributed by atoms with Crippen LogP contribution in [0.2, 0.25) is 0 Å². The number of aliphatic carboxylic acids is 2. The second kappa shape index (κ2) is 13.1. The van der Waals surface area contributed by atoms with E-state index in [4.69, 9.17) is 5.11 Å². The lowest BCUT2D eigenvalue weighted by Gasteiger charge is -2.23. The van der Waals surface area contributed by atoms with Crippen molar-refractivity contribution in [3.63, 3.8) is 0 Å². The minimum atomic E-state index is -1.24. The summed E-state index contributed by atoms with van der Waals surface area (Å²) in [6.07, 6.45) is 2.89. The van der Waals surface area contributed by atoms with Crippen LogP contribution in [0.1, 0.15) is 39.0 Å². The van der Waals surface area contributed by atoms with Crippen molar-refractivity contribution in [3.8, 4) is 0 Å². The van der Waals surface area contributed by atoms with Crippen LogP contribution >= 0.6 is 11.8 Å². The van der Waals surface area contributed by atoms with Crippen LogP contribution in [0, 0.1) is 0 Å². The number of carbonyl (C=O) groups excluding carboxylic acids is 3. The Kier molecular flexibility index (Phi) is 11.2. The summed E-state index contributed by atoms with van der Waals surface area (Å²) in [4.78, 5) is 59.4. The first-order valence-electron chi connectivity index (χ1n) is 9.73. The van der Waals surface area contributed by atoms with E-state index in [0.29, 0.717) is 12.2 Å². The Labute approximate surface area is 179 Å². The van der Waals surface area contributed by atoms with Crippen molar-refractivity contribution >= 4 is 41.4 Å². The molecule has 0 aromatic carbocycles. The fourth-order valence-electron chi connectivity index (χ4n) is 2.89. The lowest BCUT2D eigenvalue weighted by atomic mass is 10.1. The quantitative estimate of drug-likeness (QED) is 0.205. The molecule has 11 nitrogen and oxygen atoms in total. The average Bonchev–Trinajstić information content (AvgIpc) is 3.22. The van der Waals surface area contributed by atoms with Crippen molar-refractivity contribution in [2.75, 3.05) is 18.6 Å². The minimum Gasteiger partial charge on any atom is -0.481 e. The van der Waals surface area contributed by atoms with E-state index in [0.717, 1.165) is 13.0 Å². The lowest BCUT2D eigenvalue weighted by molar-refractivity contribution is -0.143. The molecule has 0 aromatic heterocycles. The monoisotopic (exact) mass is 446 g/mol. The first kappa shape index (κ1) is 25.7. The number of hydrogen-bond acceptors (Lipinski definition) is 7. The molecule has 1 fully saturated rings. The standard InChI is InChI=1S/C18H30N4O7S/c1-10(20-16(26)11-4-3-8-19-11)15(25)21-12(5-6-14(23)24)17(27)22-13(18(28)29)7-9-30-2/h10-13,19H,3-9H2,1-2H3,(H,20,26)(H,21,25)(H,22,27)(H,23,24)(H,28,29). The van der Waals surface area contributed by atoms with E-state index in [9.17, 15) is 29.1 Å². The van der Waals surface area contributed by atoms with Crippen LogP contribution in [-0.4, -0.2) is 82.6 Å². The Morgan fingerprint density at radius 1 is 1.03 bits per heavy atom. The molecular weight excluding hydrogens is 416 g/mol. The molecule has 170 valence electrons. The maximum Gasteiger partial charge on any atom is 0.326 e. The molecule has 4 atom stereocenters.